The average Bonchev–Trinajstić information content (AvgIpc) is 3.25. The van der Waals surface area contributed by atoms with Gasteiger partial charge in [-0.15, -0.1) is 0 Å². The summed E-state index contributed by atoms with van der Waals surface area (Å²) in [5, 5.41) is 10.1. The van der Waals surface area contributed by atoms with Crippen LogP contribution in [0.15, 0.2) is 6.20 Å². The van der Waals surface area contributed by atoms with Gasteiger partial charge in [0.1, 0.15) is 0 Å². The monoisotopic (exact) mass is 348 g/mol. The zero-order valence-corrected chi connectivity index (χ0v) is 15.8. The van der Waals surface area contributed by atoms with Gasteiger partial charge in [0.25, 0.3) is 0 Å². The zero-order chi connectivity index (χ0) is 17.9. The summed E-state index contributed by atoms with van der Waals surface area (Å²) in [7, 11) is 1.95. The third-order valence-corrected chi connectivity index (χ3v) is 6.27. The van der Waals surface area contributed by atoms with Crippen LogP contribution in [0.25, 0.3) is 0 Å². The van der Waals surface area contributed by atoms with E-state index in [0.29, 0.717) is 18.7 Å². The summed E-state index contributed by atoms with van der Waals surface area (Å²) in [6, 6.07) is 0.373. The van der Waals surface area contributed by atoms with Gasteiger partial charge in [-0.05, 0) is 51.5 Å². The predicted octanol–water partition coefficient (Wildman–Crippen LogP) is 3.03. The molecule has 2 amide bonds. The topological polar surface area (TPSA) is 70.2 Å². The molecule has 2 aliphatic carbocycles. The van der Waals surface area contributed by atoms with Crippen molar-refractivity contribution in [3.05, 3.63) is 17.5 Å². The van der Waals surface area contributed by atoms with Gasteiger partial charge in [0.2, 0.25) is 0 Å². The second-order valence-corrected chi connectivity index (χ2v) is 7.60. The van der Waals surface area contributed by atoms with Crippen LogP contribution in [0, 0.1) is 12.3 Å². The third kappa shape index (κ3) is 3.54. The summed E-state index contributed by atoms with van der Waals surface area (Å²) in [4.78, 5) is 14.5. The van der Waals surface area contributed by atoms with Crippen molar-refractivity contribution in [2.24, 2.45) is 5.41 Å². The van der Waals surface area contributed by atoms with Crippen molar-refractivity contribution in [3.63, 3.8) is 0 Å². The van der Waals surface area contributed by atoms with Gasteiger partial charge in [-0.2, -0.15) is 5.10 Å². The van der Waals surface area contributed by atoms with Crippen LogP contribution in [-0.4, -0.2) is 53.5 Å². The van der Waals surface area contributed by atoms with Crippen molar-refractivity contribution < 1.29 is 9.53 Å². The van der Waals surface area contributed by atoms with E-state index in [-0.39, 0.29) is 11.4 Å². The molecule has 2 aliphatic rings. The predicted molar refractivity (Wildman–Crippen MR) is 97.5 cm³/mol. The molecule has 1 spiro atoms. The van der Waals surface area contributed by atoms with Crippen LogP contribution in [0.5, 0.6) is 0 Å². The number of aromatic amines is 1. The number of urea groups is 1. The Kier molecular flexibility index (Phi) is 5.67. The summed E-state index contributed by atoms with van der Waals surface area (Å²) in [6.07, 6.45) is 9.97. The Morgan fingerprint density at radius 2 is 2.24 bits per heavy atom. The first kappa shape index (κ1) is 18.2. The lowest BCUT2D eigenvalue weighted by Gasteiger charge is -2.56. The molecular formula is C19H32N4O2. The van der Waals surface area contributed by atoms with E-state index in [9.17, 15) is 4.79 Å². The lowest BCUT2D eigenvalue weighted by Crippen LogP contribution is -2.65. The molecule has 0 saturated heterocycles. The summed E-state index contributed by atoms with van der Waals surface area (Å²) in [6.45, 7) is 5.56. The number of H-pyrrole nitrogens is 1. The number of ether oxygens (including phenoxy) is 1. The van der Waals surface area contributed by atoms with Gasteiger partial charge in [0.15, 0.2) is 0 Å². The minimum Gasteiger partial charge on any atom is -0.378 e. The fourth-order valence-electron chi connectivity index (χ4n) is 4.76. The zero-order valence-electron chi connectivity index (χ0n) is 15.8. The highest BCUT2D eigenvalue weighted by Crippen LogP contribution is 2.56. The highest BCUT2D eigenvalue weighted by atomic mass is 16.5. The van der Waals surface area contributed by atoms with Gasteiger partial charge in [-0.3, -0.25) is 5.10 Å². The highest BCUT2D eigenvalue weighted by Gasteiger charge is 2.58. The largest absolute Gasteiger partial charge is 0.378 e. The number of nitrogens with zero attached hydrogens (tertiary/aromatic N) is 2. The van der Waals surface area contributed by atoms with E-state index >= 15 is 0 Å². The van der Waals surface area contributed by atoms with Gasteiger partial charge in [0, 0.05) is 37.4 Å². The number of hydrogen-bond acceptors (Lipinski definition) is 3. The molecule has 6 heteroatoms. The van der Waals surface area contributed by atoms with Crippen molar-refractivity contribution in [2.45, 2.75) is 70.9 Å². The van der Waals surface area contributed by atoms with Crippen LogP contribution < -0.4 is 5.32 Å². The smallest absolute Gasteiger partial charge is 0.317 e. The molecule has 2 saturated carbocycles. The van der Waals surface area contributed by atoms with E-state index < -0.39 is 0 Å². The molecule has 1 aromatic rings. The summed E-state index contributed by atoms with van der Waals surface area (Å²) < 4.78 is 5.96. The van der Waals surface area contributed by atoms with Gasteiger partial charge in [0.05, 0.1) is 12.3 Å². The maximum atomic E-state index is 12.6. The summed E-state index contributed by atoms with van der Waals surface area (Å²) in [5.74, 6) is 0. The Balaban J connectivity index is 1.46. The molecule has 1 aromatic heterocycles. The maximum absolute atomic E-state index is 12.6. The third-order valence-electron chi connectivity index (χ3n) is 6.27. The van der Waals surface area contributed by atoms with Crippen molar-refractivity contribution in [3.8, 4) is 0 Å². The van der Waals surface area contributed by atoms with Gasteiger partial charge < -0.3 is 15.0 Å². The van der Waals surface area contributed by atoms with Crippen molar-refractivity contribution in [1.82, 2.24) is 20.4 Å². The van der Waals surface area contributed by atoms with E-state index in [4.69, 9.17) is 4.74 Å². The minimum atomic E-state index is 0.0511. The molecule has 2 N–H and O–H groups in total. The summed E-state index contributed by atoms with van der Waals surface area (Å²) >= 11 is 0. The first-order chi connectivity index (χ1) is 12.1. The molecule has 0 radical (unpaired) electrons. The molecule has 0 unspecified atom stereocenters. The summed E-state index contributed by atoms with van der Waals surface area (Å²) in [5.41, 5.74) is 2.55. The average molecular weight is 348 g/mol. The molecular weight excluding hydrogens is 316 g/mol. The number of carbonyl (C=O) groups is 1. The molecule has 0 aromatic carbocycles. The van der Waals surface area contributed by atoms with E-state index in [2.05, 4.69) is 22.4 Å². The fraction of sp³-hybridized carbons (Fsp3) is 0.789. The van der Waals surface area contributed by atoms with Gasteiger partial charge >= 0.3 is 6.03 Å². The van der Waals surface area contributed by atoms with Gasteiger partial charge in [-0.1, -0.05) is 12.8 Å². The molecule has 25 heavy (non-hydrogen) atoms. The Labute approximate surface area is 150 Å². The normalized spacial score (nSPS) is 24.3. The van der Waals surface area contributed by atoms with Crippen molar-refractivity contribution >= 4 is 6.03 Å². The van der Waals surface area contributed by atoms with Crippen LogP contribution in [0.2, 0.25) is 0 Å². The Bertz CT molecular complexity index is 580. The quantitative estimate of drug-likeness (QED) is 0.744. The van der Waals surface area contributed by atoms with Crippen LogP contribution in [-0.2, 0) is 11.2 Å². The highest BCUT2D eigenvalue weighted by molar-refractivity contribution is 5.74. The Hall–Kier alpha value is -1.56. The second kappa shape index (κ2) is 7.77. The number of amides is 2. The molecule has 0 bridgehead atoms. The molecule has 6 nitrogen and oxygen atoms in total. The molecule has 2 fully saturated rings. The number of carbonyl (C=O) groups excluding carboxylic acids is 1. The van der Waals surface area contributed by atoms with Crippen molar-refractivity contribution in [2.75, 3.05) is 20.2 Å². The minimum absolute atomic E-state index is 0.0511. The fourth-order valence-corrected chi connectivity index (χ4v) is 4.76. The molecule has 3 rings (SSSR count). The maximum Gasteiger partial charge on any atom is 0.317 e. The van der Waals surface area contributed by atoms with Crippen LogP contribution in [0.4, 0.5) is 4.79 Å². The first-order valence-corrected chi connectivity index (χ1v) is 9.69. The standard InChI is InChI=1S/C19H32N4O2/c1-4-25-17-12-16(19(17)9-5-6-10-19)23(3)18(24)20-11-7-8-15-13-21-22-14(15)2/h13,16-17H,4-12H2,1-3H3,(H,20,24)(H,21,22)/t16-,17-/m0/s1. The molecule has 0 aliphatic heterocycles. The number of aryl methyl sites for hydroxylation is 2. The number of hydrogen-bond donors (Lipinski definition) is 2. The van der Waals surface area contributed by atoms with E-state index in [0.717, 1.165) is 31.6 Å². The van der Waals surface area contributed by atoms with Crippen molar-refractivity contribution in [1.29, 1.82) is 0 Å². The number of aromatic nitrogens is 2. The van der Waals surface area contributed by atoms with E-state index in [1.54, 1.807) is 0 Å². The van der Waals surface area contributed by atoms with Crippen LogP contribution in [0.1, 0.15) is 56.7 Å². The lowest BCUT2D eigenvalue weighted by molar-refractivity contribution is -0.151. The Morgan fingerprint density at radius 3 is 2.88 bits per heavy atom. The van der Waals surface area contributed by atoms with E-state index in [1.807, 2.05) is 25.1 Å². The molecule has 140 valence electrons. The SMILES string of the molecule is CCO[C@H]1C[C@H](N(C)C(=O)NCCCc2cn[nH]c2C)C12CCCC2. The lowest BCUT2D eigenvalue weighted by atomic mass is 9.60. The number of rotatable bonds is 7. The first-order valence-electron chi connectivity index (χ1n) is 9.69. The van der Waals surface area contributed by atoms with Crippen LogP contribution in [0.3, 0.4) is 0 Å². The second-order valence-electron chi connectivity index (χ2n) is 7.60. The van der Waals surface area contributed by atoms with Gasteiger partial charge in [-0.25, -0.2) is 4.79 Å². The number of nitrogens with one attached hydrogen (secondary N) is 2. The molecule has 1 heterocycles. The Morgan fingerprint density at radius 1 is 1.48 bits per heavy atom. The van der Waals surface area contributed by atoms with Crippen LogP contribution >= 0.6 is 0 Å². The molecule has 2 atom stereocenters. The van der Waals surface area contributed by atoms with E-state index in [1.165, 1.54) is 31.2 Å².